The summed E-state index contributed by atoms with van der Waals surface area (Å²) in [5.41, 5.74) is 7.29. The van der Waals surface area contributed by atoms with Gasteiger partial charge < -0.3 is 10.5 Å². The summed E-state index contributed by atoms with van der Waals surface area (Å²) in [4.78, 5) is 11.8. The number of amides is 1. The van der Waals surface area contributed by atoms with E-state index in [0.717, 1.165) is 6.07 Å². The molecule has 1 heterocycles. The van der Waals surface area contributed by atoms with Gasteiger partial charge in [-0.3, -0.25) is 10.2 Å². The first-order chi connectivity index (χ1) is 8.58. The number of hydrogen-bond donors (Lipinski definition) is 2. The summed E-state index contributed by atoms with van der Waals surface area (Å²) in [6.07, 6.45) is 0. The number of nitrogens with zero attached hydrogens (tertiary/aromatic N) is 1. The van der Waals surface area contributed by atoms with Gasteiger partial charge in [0.15, 0.2) is 0 Å². The standard InChI is InChI=1S/C11H13F2N3O2/c12-8-6-9(13)10(14)5-7(8)11(17)15-16-1-3-18-4-2-16/h5-6H,1-4,14H2,(H,15,17). The molecule has 0 aliphatic carbocycles. The number of benzene rings is 1. The maximum atomic E-state index is 13.4. The highest BCUT2D eigenvalue weighted by Crippen LogP contribution is 2.16. The van der Waals surface area contributed by atoms with Crippen molar-refractivity contribution in [2.45, 2.75) is 0 Å². The third-order valence-corrected chi connectivity index (χ3v) is 2.60. The molecule has 7 heteroatoms. The molecule has 98 valence electrons. The maximum absolute atomic E-state index is 13.4. The lowest BCUT2D eigenvalue weighted by Crippen LogP contribution is -2.48. The first kappa shape index (κ1) is 12.7. The second-order valence-electron chi connectivity index (χ2n) is 3.89. The highest BCUT2D eigenvalue weighted by Gasteiger charge is 2.18. The number of halogens is 2. The van der Waals surface area contributed by atoms with E-state index >= 15 is 0 Å². The fraction of sp³-hybridized carbons (Fsp3) is 0.364. The zero-order valence-corrected chi connectivity index (χ0v) is 9.58. The van der Waals surface area contributed by atoms with Crippen molar-refractivity contribution in [2.75, 3.05) is 32.0 Å². The lowest BCUT2D eigenvalue weighted by atomic mass is 10.1. The van der Waals surface area contributed by atoms with E-state index in [9.17, 15) is 13.6 Å². The van der Waals surface area contributed by atoms with Crippen molar-refractivity contribution in [3.05, 3.63) is 29.3 Å². The van der Waals surface area contributed by atoms with Crippen molar-refractivity contribution in [2.24, 2.45) is 0 Å². The zero-order valence-electron chi connectivity index (χ0n) is 9.58. The Hall–Kier alpha value is -1.73. The van der Waals surface area contributed by atoms with Gasteiger partial charge in [-0.2, -0.15) is 0 Å². The molecule has 18 heavy (non-hydrogen) atoms. The molecule has 0 atom stereocenters. The molecule has 5 nitrogen and oxygen atoms in total. The predicted molar refractivity (Wildman–Crippen MR) is 60.6 cm³/mol. The molecule has 0 aromatic heterocycles. The summed E-state index contributed by atoms with van der Waals surface area (Å²) in [7, 11) is 0. The zero-order chi connectivity index (χ0) is 13.1. The number of nitrogens with two attached hydrogens (primary N) is 1. The Kier molecular flexibility index (Phi) is 3.73. The van der Waals surface area contributed by atoms with Crippen LogP contribution in [0.1, 0.15) is 10.4 Å². The number of hydrazine groups is 1. The summed E-state index contributed by atoms with van der Waals surface area (Å²) < 4.78 is 31.5. The van der Waals surface area contributed by atoms with Gasteiger partial charge in [-0.1, -0.05) is 0 Å². The van der Waals surface area contributed by atoms with E-state index in [4.69, 9.17) is 10.5 Å². The van der Waals surface area contributed by atoms with Crippen LogP contribution >= 0.6 is 0 Å². The molecule has 3 N–H and O–H groups in total. The van der Waals surface area contributed by atoms with Crippen molar-refractivity contribution in [3.8, 4) is 0 Å². The molecule has 1 saturated heterocycles. The van der Waals surface area contributed by atoms with Crippen molar-refractivity contribution >= 4 is 11.6 Å². The fourth-order valence-corrected chi connectivity index (χ4v) is 1.62. The van der Waals surface area contributed by atoms with Gasteiger partial charge in [-0.15, -0.1) is 0 Å². The van der Waals surface area contributed by atoms with Gasteiger partial charge in [0.25, 0.3) is 5.91 Å². The van der Waals surface area contributed by atoms with Crippen LogP contribution in [0.15, 0.2) is 12.1 Å². The number of nitrogens with one attached hydrogen (secondary N) is 1. The molecule has 2 rings (SSSR count). The summed E-state index contributed by atoms with van der Waals surface area (Å²) in [6, 6.07) is 1.59. The minimum atomic E-state index is -0.938. The largest absolute Gasteiger partial charge is 0.396 e. The molecule has 0 unspecified atom stereocenters. The van der Waals surface area contributed by atoms with Crippen molar-refractivity contribution in [1.29, 1.82) is 0 Å². The second-order valence-corrected chi connectivity index (χ2v) is 3.89. The average molecular weight is 257 g/mol. The third kappa shape index (κ3) is 2.74. The van der Waals surface area contributed by atoms with E-state index < -0.39 is 17.5 Å². The molecule has 1 fully saturated rings. The van der Waals surface area contributed by atoms with Crippen molar-refractivity contribution < 1.29 is 18.3 Å². The molecule has 0 saturated carbocycles. The third-order valence-electron chi connectivity index (χ3n) is 2.60. The monoisotopic (exact) mass is 257 g/mol. The minimum Gasteiger partial charge on any atom is -0.396 e. The average Bonchev–Trinajstić information content (AvgIpc) is 2.35. The Morgan fingerprint density at radius 1 is 1.28 bits per heavy atom. The van der Waals surface area contributed by atoms with Crippen molar-refractivity contribution in [1.82, 2.24) is 10.4 Å². The Bertz CT molecular complexity index is 462. The highest BCUT2D eigenvalue weighted by molar-refractivity contribution is 5.95. The van der Waals surface area contributed by atoms with Gasteiger partial charge in [0.05, 0.1) is 24.5 Å². The van der Waals surface area contributed by atoms with Gasteiger partial charge >= 0.3 is 0 Å². The number of nitrogen functional groups attached to an aromatic ring is 1. The minimum absolute atomic E-state index is 0.261. The Morgan fingerprint density at radius 3 is 2.61 bits per heavy atom. The van der Waals surface area contributed by atoms with Crippen LogP contribution in [0, 0.1) is 11.6 Å². The van der Waals surface area contributed by atoms with Crippen LogP contribution in [0.25, 0.3) is 0 Å². The van der Waals surface area contributed by atoms with E-state index in [-0.39, 0.29) is 11.3 Å². The van der Waals surface area contributed by atoms with Crippen LogP contribution in [0.3, 0.4) is 0 Å². The van der Waals surface area contributed by atoms with Crippen LogP contribution in [-0.4, -0.2) is 37.2 Å². The second kappa shape index (κ2) is 5.28. The molecular weight excluding hydrogens is 244 g/mol. The number of carbonyl (C=O) groups is 1. The molecule has 1 aliphatic rings. The van der Waals surface area contributed by atoms with E-state index in [1.165, 1.54) is 0 Å². The summed E-state index contributed by atoms with van der Waals surface area (Å²) in [6.45, 7) is 2.02. The lowest BCUT2D eigenvalue weighted by molar-refractivity contribution is 0.0125. The molecule has 0 spiro atoms. The van der Waals surface area contributed by atoms with Gasteiger partial charge in [-0.05, 0) is 6.07 Å². The molecule has 1 aromatic carbocycles. The highest BCUT2D eigenvalue weighted by atomic mass is 19.1. The number of rotatable bonds is 2. The molecule has 0 radical (unpaired) electrons. The summed E-state index contributed by atoms with van der Waals surface area (Å²) >= 11 is 0. The van der Waals surface area contributed by atoms with Crippen LogP contribution < -0.4 is 11.2 Å². The summed E-state index contributed by atoms with van der Waals surface area (Å²) in [5.74, 6) is -2.47. The normalized spacial score (nSPS) is 16.6. The first-order valence-corrected chi connectivity index (χ1v) is 5.46. The molecule has 1 aliphatic heterocycles. The van der Waals surface area contributed by atoms with Gasteiger partial charge in [0, 0.05) is 19.2 Å². The van der Waals surface area contributed by atoms with Crippen LogP contribution in [-0.2, 0) is 4.74 Å². The van der Waals surface area contributed by atoms with Gasteiger partial charge in [-0.25, -0.2) is 13.8 Å². The molecule has 0 bridgehead atoms. The van der Waals surface area contributed by atoms with Gasteiger partial charge in [0.2, 0.25) is 0 Å². The molecule has 1 aromatic rings. The Balaban J connectivity index is 2.10. The predicted octanol–water partition coefficient (Wildman–Crippen LogP) is 0.524. The first-order valence-electron chi connectivity index (χ1n) is 5.46. The molecule has 1 amide bonds. The Morgan fingerprint density at radius 2 is 1.94 bits per heavy atom. The fourth-order valence-electron chi connectivity index (χ4n) is 1.62. The quantitative estimate of drug-likeness (QED) is 0.758. The Labute approximate surface area is 102 Å². The van der Waals surface area contributed by atoms with Crippen LogP contribution in [0.4, 0.5) is 14.5 Å². The number of ether oxygens (including phenoxy) is 1. The number of anilines is 1. The molecular formula is C11H13F2N3O2. The SMILES string of the molecule is Nc1cc(C(=O)NN2CCOCC2)c(F)cc1F. The van der Waals surface area contributed by atoms with E-state index in [1.54, 1.807) is 5.01 Å². The lowest BCUT2D eigenvalue weighted by Gasteiger charge is -2.27. The number of morpholine rings is 1. The van der Waals surface area contributed by atoms with E-state index in [2.05, 4.69) is 5.43 Å². The maximum Gasteiger partial charge on any atom is 0.268 e. The smallest absolute Gasteiger partial charge is 0.268 e. The number of carbonyl (C=O) groups excluding carboxylic acids is 1. The van der Waals surface area contributed by atoms with E-state index in [1.807, 2.05) is 0 Å². The summed E-state index contributed by atoms with van der Waals surface area (Å²) in [5, 5.41) is 1.62. The topological polar surface area (TPSA) is 67.6 Å². The van der Waals surface area contributed by atoms with E-state index in [0.29, 0.717) is 32.4 Å². The van der Waals surface area contributed by atoms with Crippen LogP contribution in [0.2, 0.25) is 0 Å². The van der Waals surface area contributed by atoms with Crippen molar-refractivity contribution in [3.63, 3.8) is 0 Å². The van der Waals surface area contributed by atoms with Crippen LogP contribution in [0.5, 0.6) is 0 Å². The number of hydrogen-bond acceptors (Lipinski definition) is 4. The van der Waals surface area contributed by atoms with Gasteiger partial charge in [0.1, 0.15) is 11.6 Å².